The van der Waals surface area contributed by atoms with E-state index < -0.39 is 6.09 Å². The van der Waals surface area contributed by atoms with E-state index in [0.29, 0.717) is 6.54 Å². The van der Waals surface area contributed by atoms with Gasteiger partial charge in [-0.1, -0.05) is 30.3 Å². The van der Waals surface area contributed by atoms with E-state index in [2.05, 4.69) is 0 Å². The molecule has 0 aromatic heterocycles. The molecule has 0 spiro atoms. The first-order chi connectivity index (χ1) is 7.29. The van der Waals surface area contributed by atoms with Crippen LogP contribution in [0.4, 0.5) is 4.79 Å². The molecule has 0 aliphatic carbocycles. The van der Waals surface area contributed by atoms with Gasteiger partial charge in [-0.3, -0.25) is 0 Å². The van der Waals surface area contributed by atoms with Crippen LogP contribution in [0, 0.1) is 0 Å². The van der Waals surface area contributed by atoms with Crippen LogP contribution >= 0.6 is 0 Å². The van der Waals surface area contributed by atoms with Gasteiger partial charge in [0.2, 0.25) is 0 Å². The number of hydrogen-bond acceptors (Lipinski definition) is 1. The highest BCUT2D eigenvalue weighted by molar-refractivity contribution is 5.66. The molecule has 1 amide bonds. The summed E-state index contributed by atoms with van der Waals surface area (Å²) in [6.07, 6.45) is 2.23. The molecule has 3 nitrogen and oxygen atoms in total. The molecule has 1 saturated heterocycles. The predicted octanol–water partition coefficient (Wildman–Crippen LogP) is 2.89. The molecule has 2 rings (SSSR count). The Bertz CT molecular complexity index is 337. The van der Waals surface area contributed by atoms with Crippen molar-refractivity contribution in [2.24, 2.45) is 0 Å². The number of amides is 1. The van der Waals surface area contributed by atoms with Gasteiger partial charge in [-0.15, -0.1) is 0 Å². The fourth-order valence-electron chi connectivity index (χ4n) is 2.18. The summed E-state index contributed by atoms with van der Waals surface area (Å²) in [5.41, 5.74) is 1.11. The van der Waals surface area contributed by atoms with Crippen LogP contribution in [0.3, 0.4) is 0 Å². The highest BCUT2D eigenvalue weighted by Gasteiger charge is 2.27. The Morgan fingerprint density at radius 3 is 2.67 bits per heavy atom. The van der Waals surface area contributed by atoms with Crippen molar-refractivity contribution in [3.8, 4) is 0 Å². The van der Waals surface area contributed by atoms with Crippen LogP contribution in [-0.2, 0) is 0 Å². The normalized spacial score (nSPS) is 21.3. The number of carbonyl (C=O) groups is 1. The fraction of sp³-hybridized carbons (Fsp3) is 0.417. The summed E-state index contributed by atoms with van der Waals surface area (Å²) in [6, 6.07) is 9.95. The van der Waals surface area contributed by atoms with E-state index in [0.717, 1.165) is 24.8 Å². The third-order valence-corrected chi connectivity index (χ3v) is 2.93. The van der Waals surface area contributed by atoms with Gasteiger partial charge in [-0.05, 0) is 24.8 Å². The molecule has 0 saturated carbocycles. The minimum Gasteiger partial charge on any atom is -0.465 e. The Hall–Kier alpha value is -1.51. The zero-order valence-electron chi connectivity index (χ0n) is 8.60. The third-order valence-electron chi connectivity index (χ3n) is 2.93. The van der Waals surface area contributed by atoms with Crippen molar-refractivity contribution >= 4 is 6.09 Å². The highest BCUT2D eigenvalue weighted by Crippen LogP contribution is 2.30. The van der Waals surface area contributed by atoms with Gasteiger partial charge in [-0.2, -0.15) is 0 Å². The Kier molecular flexibility index (Phi) is 2.90. The lowest BCUT2D eigenvalue weighted by molar-refractivity contribution is 0.106. The lowest BCUT2D eigenvalue weighted by atomic mass is 9.96. The minimum atomic E-state index is -0.802. The smallest absolute Gasteiger partial charge is 0.407 e. The fourth-order valence-corrected chi connectivity index (χ4v) is 2.18. The van der Waals surface area contributed by atoms with Crippen molar-refractivity contribution in [3.63, 3.8) is 0 Å². The molecule has 1 aromatic rings. The van der Waals surface area contributed by atoms with Gasteiger partial charge in [0.25, 0.3) is 0 Å². The summed E-state index contributed by atoms with van der Waals surface area (Å²) in [5, 5.41) is 9.10. The predicted molar refractivity (Wildman–Crippen MR) is 57.8 cm³/mol. The van der Waals surface area contributed by atoms with Crippen molar-refractivity contribution in [1.29, 1.82) is 0 Å². The summed E-state index contributed by atoms with van der Waals surface area (Å²) >= 11 is 0. The van der Waals surface area contributed by atoms with Gasteiger partial charge >= 0.3 is 6.09 Å². The second-order valence-electron chi connectivity index (χ2n) is 3.90. The zero-order valence-corrected chi connectivity index (χ0v) is 8.60. The maximum atomic E-state index is 11.1. The van der Waals surface area contributed by atoms with E-state index in [1.165, 1.54) is 0 Å². The van der Waals surface area contributed by atoms with Gasteiger partial charge in [0.15, 0.2) is 0 Å². The average Bonchev–Trinajstić information content (AvgIpc) is 2.30. The number of benzene rings is 1. The SMILES string of the molecule is O=C(O)N1CCCC[C@@H]1c1ccccc1. The number of nitrogens with zero attached hydrogens (tertiary/aromatic N) is 1. The van der Waals surface area contributed by atoms with Crippen molar-refractivity contribution in [2.45, 2.75) is 25.3 Å². The molecule has 1 atom stereocenters. The summed E-state index contributed by atoms with van der Waals surface area (Å²) in [5.74, 6) is 0. The molecular formula is C12H15NO2. The van der Waals surface area contributed by atoms with Gasteiger partial charge in [0.1, 0.15) is 0 Å². The number of likely N-dealkylation sites (tertiary alicyclic amines) is 1. The first-order valence-electron chi connectivity index (χ1n) is 5.33. The Morgan fingerprint density at radius 2 is 2.00 bits per heavy atom. The van der Waals surface area contributed by atoms with Crippen molar-refractivity contribution < 1.29 is 9.90 Å². The number of carboxylic acid groups (broad SMARTS) is 1. The molecule has 15 heavy (non-hydrogen) atoms. The summed E-state index contributed by atoms with van der Waals surface area (Å²) < 4.78 is 0. The topological polar surface area (TPSA) is 40.5 Å². The first-order valence-corrected chi connectivity index (χ1v) is 5.33. The standard InChI is InChI=1S/C12H15NO2/c14-12(15)13-9-5-4-8-11(13)10-6-2-1-3-7-10/h1-3,6-7,11H,4-5,8-9H2,(H,14,15)/t11-/m1/s1. The lowest BCUT2D eigenvalue weighted by Crippen LogP contribution is -2.37. The largest absolute Gasteiger partial charge is 0.465 e. The first kappa shape index (κ1) is 10.0. The van der Waals surface area contributed by atoms with Gasteiger partial charge in [0, 0.05) is 6.54 Å². The van der Waals surface area contributed by atoms with Crippen LogP contribution < -0.4 is 0 Å². The molecule has 0 unspecified atom stereocenters. The van der Waals surface area contributed by atoms with Crippen molar-refractivity contribution in [1.82, 2.24) is 4.90 Å². The average molecular weight is 205 g/mol. The zero-order chi connectivity index (χ0) is 10.7. The minimum absolute atomic E-state index is 0.0532. The Labute approximate surface area is 89.3 Å². The van der Waals surface area contributed by atoms with Crippen molar-refractivity contribution in [2.75, 3.05) is 6.54 Å². The van der Waals surface area contributed by atoms with E-state index in [1.807, 2.05) is 30.3 Å². The number of hydrogen-bond donors (Lipinski definition) is 1. The molecular weight excluding hydrogens is 190 g/mol. The van der Waals surface area contributed by atoms with Crippen LogP contribution in [-0.4, -0.2) is 22.6 Å². The van der Waals surface area contributed by atoms with E-state index in [1.54, 1.807) is 4.90 Å². The quantitative estimate of drug-likeness (QED) is 0.765. The van der Waals surface area contributed by atoms with Crippen LogP contribution in [0.25, 0.3) is 0 Å². The molecule has 1 fully saturated rings. The molecule has 1 N–H and O–H groups in total. The van der Waals surface area contributed by atoms with E-state index in [4.69, 9.17) is 5.11 Å². The molecule has 1 aliphatic rings. The second kappa shape index (κ2) is 4.34. The van der Waals surface area contributed by atoms with Gasteiger partial charge < -0.3 is 10.0 Å². The van der Waals surface area contributed by atoms with E-state index in [9.17, 15) is 4.79 Å². The van der Waals surface area contributed by atoms with Crippen LogP contribution in [0.2, 0.25) is 0 Å². The van der Waals surface area contributed by atoms with Crippen LogP contribution in [0.1, 0.15) is 30.9 Å². The van der Waals surface area contributed by atoms with Crippen molar-refractivity contribution in [3.05, 3.63) is 35.9 Å². The molecule has 3 heteroatoms. The van der Waals surface area contributed by atoms with Crippen LogP contribution in [0.15, 0.2) is 30.3 Å². The maximum absolute atomic E-state index is 11.1. The lowest BCUT2D eigenvalue weighted by Gasteiger charge is -2.33. The van der Waals surface area contributed by atoms with Crippen LogP contribution in [0.5, 0.6) is 0 Å². The molecule has 0 radical (unpaired) electrons. The molecule has 80 valence electrons. The summed E-state index contributed by atoms with van der Waals surface area (Å²) in [4.78, 5) is 12.6. The number of piperidine rings is 1. The highest BCUT2D eigenvalue weighted by atomic mass is 16.4. The second-order valence-corrected chi connectivity index (χ2v) is 3.90. The molecule has 1 aromatic carbocycles. The summed E-state index contributed by atoms with van der Waals surface area (Å²) in [7, 11) is 0. The molecule has 1 heterocycles. The molecule has 1 aliphatic heterocycles. The Balaban J connectivity index is 2.22. The van der Waals surface area contributed by atoms with Gasteiger partial charge in [-0.25, -0.2) is 4.79 Å². The third kappa shape index (κ3) is 2.12. The van der Waals surface area contributed by atoms with E-state index in [-0.39, 0.29) is 6.04 Å². The van der Waals surface area contributed by atoms with E-state index >= 15 is 0 Å². The number of rotatable bonds is 1. The maximum Gasteiger partial charge on any atom is 0.407 e. The molecule has 0 bridgehead atoms. The Morgan fingerprint density at radius 1 is 1.27 bits per heavy atom. The monoisotopic (exact) mass is 205 g/mol. The summed E-state index contributed by atoms with van der Waals surface area (Å²) in [6.45, 7) is 0.662. The van der Waals surface area contributed by atoms with Gasteiger partial charge in [0.05, 0.1) is 6.04 Å².